The Morgan fingerprint density at radius 3 is 2.78 bits per heavy atom. The Kier molecular flexibility index (Phi) is 5.90. The number of likely N-dealkylation sites (tertiary alicyclic amines) is 1. The SMILES string of the molecule is CCc1ccccc1NC(=O)CNC(=O)C1CC(=O)N(Cc2ccco2)C1. The van der Waals surface area contributed by atoms with Gasteiger partial charge in [0.1, 0.15) is 5.76 Å². The predicted octanol–water partition coefficient (Wildman–Crippen LogP) is 1.95. The van der Waals surface area contributed by atoms with Crippen LogP contribution in [0.25, 0.3) is 0 Å². The molecule has 0 bridgehead atoms. The van der Waals surface area contributed by atoms with Gasteiger partial charge in [0.2, 0.25) is 17.7 Å². The number of carbonyl (C=O) groups is 3. The van der Waals surface area contributed by atoms with E-state index >= 15 is 0 Å². The Bertz CT molecular complexity index is 816. The number of nitrogens with zero attached hydrogens (tertiary/aromatic N) is 1. The molecule has 0 spiro atoms. The van der Waals surface area contributed by atoms with Gasteiger partial charge in [0.05, 0.1) is 25.3 Å². The molecule has 27 heavy (non-hydrogen) atoms. The van der Waals surface area contributed by atoms with Gasteiger partial charge < -0.3 is 20.0 Å². The smallest absolute Gasteiger partial charge is 0.243 e. The molecule has 1 unspecified atom stereocenters. The van der Waals surface area contributed by atoms with Gasteiger partial charge in [-0.05, 0) is 30.2 Å². The summed E-state index contributed by atoms with van der Waals surface area (Å²) in [7, 11) is 0. The summed E-state index contributed by atoms with van der Waals surface area (Å²) < 4.78 is 5.25. The van der Waals surface area contributed by atoms with E-state index < -0.39 is 5.92 Å². The Morgan fingerprint density at radius 2 is 2.04 bits per heavy atom. The Labute approximate surface area is 157 Å². The van der Waals surface area contributed by atoms with Crippen molar-refractivity contribution in [1.82, 2.24) is 10.2 Å². The van der Waals surface area contributed by atoms with Crippen molar-refractivity contribution >= 4 is 23.4 Å². The summed E-state index contributed by atoms with van der Waals surface area (Å²) in [4.78, 5) is 38.1. The van der Waals surface area contributed by atoms with E-state index in [0.29, 0.717) is 18.8 Å². The lowest BCUT2D eigenvalue weighted by Gasteiger charge is -2.15. The lowest BCUT2D eigenvalue weighted by molar-refractivity contribution is -0.129. The fraction of sp³-hybridized carbons (Fsp3) is 0.350. The summed E-state index contributed by atoms with van der Waals surface area (Å²) in [5.41, 5.74) is 1.78. The van der Waals surface area contributed by atoms with Crippen LogP contribution < -0.4 is 10.6 Å². The molecular formula is C20H23N3O4. The maximum Gasteiger partial charge on any atom is 0.243 e. The number of hydrogen-bond acceptors (Lipinski definition) is 4. The van der Waals surface area contributed by atoms with Gasteiger partial charge in [0.15, 0.2) is 0 Å². The van der Waals surface area contributed by atoms with Crippen molar-refractivity contribution in [1.29, 1.82) is 0 Å². The van der Waals surface area contributed by atoms with Crippen molar-refractivity contribution in [3.05, 3.63) is 54.0 Å². The van der Waals surface area contributed by atoms with E-state index in [4.69, 9.17) is 4.42 Å². The molecule has 1 atom stereocenters. The number of nitrogens with one attached hydrogen (secondary N) is 2. The number of amides is 3. The summed E-state index contributed by atoms with van der Waals surface area (Å²) >= 11 is 0. The van der Waals surface area contributed by atoms with Crippen molar-refractivity contribution < 1.29 is 18.8 Å². The second-order valence-corrected chi connectivity index (χ2v) is 6.53. The third kappa shape index (κ3) is 4.75. The topological polar surface area (TPSA) is 91.7 Å². The van der Waals surface area contributed by atoms with Crippen LogP contribution in [0.1, 0.15) is 24.7 Å². The highest BCUT2D eigenvalue weighted by Crippen LogP contribution is 2.20. The maximum atomic E-state index is 12.3. The molecule has 1 saturated heterocycles. The number of aryl methyl sites for hydroxylation is 1. The number of benzene rings is 1. The van der Waals surface area contributed by atoms with Crippen LogP contribution in [0.5, 0.6) is 0 Å². The first-order valence-electron chi connectivity index (χ1n) is 9.02. The Balaban J connectivity index is 1.47. The molecule has 1 fully saturated rings. The largest absolute Gasteiger partial charge is 0.467 e. The van der Waals surface area contributed by atoms with Crippen molar-refractivity contribution in [2.24, 2.45) is 5.92 Å². The molecule has 2 heterocycles. The van der Waals surface area contributed by atoms with Crippen molar-refractivity contribution in [3.63, 3.8) is 0 Å². The number of para-hydroxylation sites is 1. The first kappa shape index (κ1) is 18.7. The molecular weight excluding hydrogens is 346 g/mol. The minimum absolute atomic E-state index is 0.0899. The molecule has 1 aromatic carbocycles. The number of anilines is 1. The summed E-state index contributed by atoms with van der Waals surface area (Å²) in [6.45, 7) is 2.56. The predicted molar refractivity (Wildman–Crippen MR) is 99.7 cm³/mol. The highest BCUT2D eigenvalue weighted by molar-refractivity contribution is 5.96. The van der Waals surface area contributed by atoms with Crippen molar-refractivity contribution in [2.75, 3.05) is 18.4 Å². The van der Waals surface area contributed by atoms with Crippen LogP contribution in [0.4, 0.5) is 5.69 Å². The molecule has 1 aliphatic heterocycles. The fourth-order valence-corrected chi connectivity index (χ4v) is 3.15. The van der Waals surface area contributed by atoms with Gasteiger partial charge in [0, 0.05) is 18.7 Å². The number of furan rings is 1. The number of rotatable bonds is 7. The van der Waals surface area contributed by atoms with Crippen LogP contribution in [0, 0.1) is 5.92 Å². The zero-order valence-electron chi connectivity index (χ0n) is 15.2. The third-order valence-corrected chi connectivity index (χ3v) is 4.61. The lowest BCUT2D eigenvalue weighted by Crippen LogP contribution is -2.37. The first-order chi connectivity index (χ1) is 13.1. The Morgan fingerprint density at radius 1 is 1.22 bits per heavy atom. The Hall–Kier alpha value is -3.09. The van der Waals surface area contributed by atoms with Crippen LogP contribution >= 0.6 is 0 Å². The molecule has 0 radical (unpaired) electrons. The average Bonchev–Trinajstić information content (AvgIpc) is 3.31. The van der Waals surface area contributed by atoms with E-state index in [9.17, 15) is 14.4 Å². The minimum Gasteiger partial charge on any atom is -0.467 e. The second kappa shape index (κ2) is 8.53. The molecule has 3 amide bonds. The standard InChI is InChI=1S/C20H23N3O4/c1-2-14-6-3-4-8-17(14)22-18(24)11-21-20(26)15-10-19(25)23(12-15)13-16-7-5-9-27-16/h3-9,15H,2,10-13H2,1H3,(H,21,26)(H,22,24). The van der Waals surface area contributed by atoms with Crippen LogP contribution in [0.3, 0.4) is 0 Å². The van der Waals surface area contributed by atoms with E-state index in [0.717, 1.165) is 17.7 Å². The quantitative estimate of drug-likeness (QED) is 0.780. The van der Waals surface area contributed by atoms with Crippen LogP contribution in [0.15, 0.2) is 47.1 Å². The van der Waals surface area contributed by atoms with Gasteiger partial charge in [-0.1, -0.05) is 25.1 Å². The van der Waals surface area contributed by atoms with Gasteiger partial charge in [0.25, 0.3) is 0 Å². The molecule has 7 nitrogen and oxygen atoms in total. The van der Waals surface area contributed by atoms with Gasteiger partial charge in [-0.15, -0.1) is 0 Å². The molecule has 0 aliphatic carbocycles. The molecule has 0 saturated carbocycles. The van der Waals surface area contributed by atoms with Gasteiger partial charge in [-0.3, -0.25) is 14.4 Å². The highest BCUT2D eigenvalue weighted by atomic mass is 16.3. The lowest BCUT2D eigenvalue weighted by atomic mass is 10.1. The molecule has 1 aliphatic rings. The monoisotopic (exact) mass is 369 g/mol. The van der Waals surface area contributed by atoms with E-state index in [2.05, 4.69) is 10.6 Å². The van der Waals surface area contributed by atoms with E-state index in [1.807, 2.05) is 31.2 Å². The molecule has 1 aromatic heterocycles. The number of hydrogen-bond donors (Lipinski definition) is 2. The van der Waals surface area contributed by atoms with Crippen LogP contribution in [-0.4, -0.2) is 35.7 Å². The maximum absolute atomic E-state index is 12.3. The zero-order valence-corrected chi connectivity index (χ0v) is 15.2. The summed E-state index contributed by atoms with van der Waals surface area (Å²) in [6.07, 6.45) is 2.50. The molecule has 2 aromatic rings. The normalized spacial score (nSPS) is 16.4. The van der Waals surface area contributed by atoms with Gasteiger partial charge in [-0.2, -0.15) is 0 Å². The molecule has 3 rings (SSSR count). The molecule has 142 valence electrons. The fourth-order valence-electron chi connectivity index (χ4n) is 3.15. The van der Waals surface area contributed by atoms with Crippen molar-refractivity contribution in [2.45, 2.75) is 26.3 Å². The second-order valence-electron chi connectivity index (χ2n) is 6.53. The van der Waals surface area contributed by atoms with Crippen molar-refractivity contribution in [3.8, 4) is 0 Å². The molecule has 7 heteroatoms. The van der Waals surface area contributed by atoms with E-state index in [-0.39, 0.29) is 30.7 Å². The third-order valence-electron chi connectivity index (χ3n) is 4.61. The van der Waals surface area contributed by atoms with Crippen LogP contribution in [-0.2, 0) is 27.3 Å². The summed E-state index contributed by atoms with van der Waals surface area (Å²) in [6, 6.07) is 11.1. The van der Waals surface area contributed by atoms with Gasteiger partial charge >= 0.3 is 0 Å². The van der Waals surface area contributed by atoms with Crippen LogP contribution in [0.2, 0.25) is 0 Å². The molecule has 2 N–H and O–H groups in total. The van der Waals surface area contributed by atoms with E-state index in [1.54, 1.807) is 23.3 Å². The zero-order chi connectivity index (χ0) is 19.2. The average molecular weight is 369 g/mol. The first-order valence-corrected chi connectivity index (χ1v) is 9.02. The highest BCUT2D eigenvalue weighted by Gasteiger charge is 2.34. The summed E-state index contributed by atoms with van der Waals surface area (Å²) in [5.74, 6) is -0.445. The number of carbonyl (C=O) groups excluding carboxylic acids is 3. The van der Waals surface area contributed by atoms with Gasteiger partial charge in [-0.25, -0.2) is 0 Å². The van der Waals surface area contributed by atoms with E-state index in [1.165, 1.54) is 0 Å². The summed E-state index contributed by atoms with van der Waals surface area (Å²) in [5, 5.41) is 5.44. The minimum atomic E-state index is -0.455.